The van der Waals surface area contributed by atoms with Gasteiger partial charge in [0, 0.05) is 106 Å². The summed E-state index contributed by atoms with van der Waals surface area (Å²) in [5.74, 6) is -10.3. The van der Waals surface area contributed by atoms with Gasteiger partial charge in [-0.1, -0.05) is 78.1 Å². The second-order valence-electron chi connectivity index (χ2n) is 45.0. The number of ether oxygens (including phenoxy) is 11. The van der Waals surface area contributed by atoms with Crippen LogP contribution in [-0.4, -0.2) is 175 Å². The first-order valence-electron chi connectivity index (χ1n) is 48.9. The molecule has 0 radical (unpaired) electrons. The van der Waals surface area contributed by atoms with Gasteiger partial charge in [0.1, 0.15) is 62.9 Å². The second kappa shape index (κ2) is 58.5. The summed E-state index contributed by atoms with van der Waals surface area (Å²) in [6.07, 6.45) is 6.22. The van der Waals surface area contributed by atoms with Gasteiger partial charge in [0.15, 0.2) is 0 Å². The van der Waals surface area contributed by atoms with Crippen molar-refractivity contribution in [3.63, 3.8) is 0 Å². The third kappa shape index (κ3) is 68.1. The fourth-order valence-corrected chi connectivity index (χ4v) is 15.1. The van der Waals surface area contributed by atoms with Gasteiger partial charge < -0.3 is 73.4 Å². The van der Waals surface area contributed by atoms with Crippen LogP contribution in [0.5, 0.6) is 0 Å². The SMILES string of the molecule is CCCCCCCCC(CCCCCCCC)OC(=O)CC(=O)OCCCCCC(=O)NC(CCC(=O)NC(CCC(=O)OC(C)(C)C)(CCC(=O)OC(C)(C)C)CCC(=O)OC(C)(C)C)(CCC(=O)NC(CCC(=O)OC(C)(C)C)(CCC(=O)OC(C)(C)C)CCC(=O)OC(C)(C)C)CCC(=O)NC(CCC(=O)OC(C)(C)C)(CCC(=O)OC(C)(C)C)CCC(=O)OC(C)(C)C. The number of esters is 11. The molecule has 0 aliphatic rings. The lowest BCUT2D eigenvalue weighted by Crippen LogP contribution is -2.54. The molecule has 132 heavy (non-hydrogen) atoms. The van der Waals surface area contributed by atoms with E-state index in [0.29, 0.717) is 12.8 Å². The lowest BCUT2D eigenvalue weighted by molar-refractivity contribution is -0.160. The normalized spacial score (nSPS) is 12.8. The highest BCUT2D eigenvalue weighted by molar-refractivity contribution is 5.91. The Labute approximate surface area is 792 Å². The zero-order valence-electron chi connectivity index (χ0n) is 87.3. The molecule has 764 valence electrons. The van der Waals surface area contributed by atoms with Crippen LogP contribution < -0.4 is 21.3 Å². The van der Waals surface area contributed by atoms with Crippen molar-refractivity contribution in [1.82, 2.24) is 21.3 Å². The number of amides is 4. The molecule has 0 bridgehead atoms. The highest BCUT2D eigenvalue weighted by Gasteiger charge is 2.43. The Kier molecular flexibility index (Phi) is 55.0. The van der Waals surface area contributed by atoms with E-state index >= 15 is 19.2 Å². The molecule has 30 heteroatoms. The third-order valence-electron chi connectivity index (χ3n) is 20.8. The number of unbranched alkanes of at least 4 members (excludes halogenated alkanes) is 12. The van der Waals surface area contributed by atoms with Crippen molar-refractivity contribution < 1.29 is 124 Å². The minimum absolute atomic E-state index is 0.117. The van der Waals surface area contributed by atoms with Gasteiger partial charge in [-0.25, -0.2) is 0 Å². The van der Waals surface area contributed by atoms with Gasteiger partial charge in [0.05, 0.1) is 6.61 Å². The number of hydrogen-bond acceptors (Lipinski definition) is 26. The Morgan fingerprint density at radius 1 is 0.205 bits per heavy atom. The summed E-state index contributed by atoms with van der Waals surface area (Å²) in [5.41, 5.74) is -15.2. The lowest BCUT2D eigenvalue weighted by atomic mass is 9.80. The van der Waals surface area contributed by atoms with E-state index < -0.39 is 207 Å². The molecular weight excluding hydrogens is 1700 g/mol. The lowest BCUT2D eigenvalue weighted by Gasteiger charge is -2.39. The summed E-state index contributed by atoms with van der Waals surface area (Å²) >= 11 is 0. The summed E-state index contributed by atoms with van der Waals surface area (Å²) in [6.45, 7) is 49.6. The molecule has 4 amide bonds. The average Bonchev–Trinajstić information content (AvgIpc) is 0.822. The zero-order chi connectivity index (χ0) is 101. The molecule has 0 saturated heterocycles. The molecule has 0 saturated carbocycles. The quantitative estimate of drug-likeness (QED) is 0.0190. The molecule has 0 rings (SSSR count). The second-order valence-corrected chi connectivity index (χ2v) is 45.0. The maximum absolute atomic E-state index is 15.7. The van der Waals surface area contributed by atoms with Gasteiger partial charge in [-0.3, -0.25) is 71.9 Å². The topological polar surface area (TPSA) is 406 Å². The molecule has 0 aromatic carbocycles. The summed E-state index contributed by atoms with van der Waals surface area (Å²) in [5, 5.41) is 12.5. The highest BCUT2D eigenvalue weighted by Crippen LogP contribution is 2.36. The Morgan fingerprint density at radius 3 is 0.591 bits per heavy atom. The highest BCUT2D eigenvalue weighted by atomic mass is 16.6. The first-order valence-corrected chi connectivity index (χ1v) is 48.9. The molecular formula is C102H180N4O26. The molecule has 0 heterocycles. The monoisotopic (exact) mass is 1880 g/mol. The van der Waals surface area contributed by atoms with Crippen molar-refractivity contribution in [3.8, 4) is 0 Å². The molecule has 0 aromatic heterocycles. The Balaban J connectivity index is 9.26. The number of hydrogen-bond donors (Lipinski definition) is 4. The van der Waals surface area contributed by atoms with Crippen LogP contribution in [0, 0.1) is 0 Å². The minimum Gasteiger partial charge on any atom is -0.465 e. The number of carbonyl (C=O) groups is 15. The summed E-state index contributed by atoms with van der Waals surface area (Å²) in [6, 6.07) is 0. The van der Waals surface area contributed by atoms with E-state index in [4.69, 9.17) is 52.1 Å². The van der Waals surface area contributed by atoms with Crippen molar-refractivity contribution in [3.05, 3.63) is 0 Å². The van der Waals surface area contributed by atoms with E-state index in [2.05, 4.69) is 35.1 Å². The summed E-state index contributed by atoms with van der Waals surface area (Å²) < 4.78 is 63.4. The molecule has 0 aliphatic heterocycles. The van der Waals surface area contributed by atoms with E-state index in [0.717, 1.165) is 77.0 Å². The van der Waals surface area contributed by atoms with Crippen molar-refractivity contribution in [2.45, 2.75) is 556 Å². The van der Waals surface area contributed by atoms with E-state index in [1.54, 1.807) is 187 Å². The van der Waals surface area contributed by atoms with Crippen LogP contribution >= 0.6 is 0 Å². The van der Waals surface area contributed by atoms with Gasteiger partial charge >= 0.3 is 65.7 Å². The largest absolute Gasteiger partial charge is 0.465 e. The van der Waals surface area contributed by atoms with Crippen LogP contribution in [0.4, 0.5) is 0 Å². The van der Waals surface area contributed by atoms with Crippen molar-refractivity contribution in [1.29, 1.82) is 0 Å². The molecule has 0 aliphatic carbocycles. The molecule has 0 atom stereocenters. The molecule has 4 N–H and O–H groups in total. The first kappa shape index (κ1) is 124. The van der Waals surface area contributed by atoms with Gasteiger partial charge in [0.25, 0.3) is 0 Å². The van der Waals surface area contributed by atoms with Crippen molar-refractivity contribution in [2.75, 3.05) is 6.61 Å². The Hall–Kier alpha value is -7.95. The van der Waals surface area contributed by atoms with E-state index in [1.165, 1.54) is 0 Å². The zero-order valence-corrected chi connectivity index (χ0v) is 87.3. The minimum atomic E-state index is -1.83. The Bertz CT molecular complexity index is 3030. The molecule has 0 aromatic rings. The standard InChI is InChI=1S/C102H180N4O26/c1-30-32-34-36-38-41-45-74(46-42-39-37-35-33-31-2)123-89(121)73-88(120)122-72-44-40-43-47-75(107)103-99(60-48-76(108)104-100(63-51-79(111)124-90(3,4)5,64-52-80(112)125-91(6,7)8)65-53-81(113)126-92(9,10)11,61-49-77(109)105-101(66-54-82(114)127-93(12,13)14,67-55-83(115)128-94(15,16)17)68-56-84(116)129-95(18,19)20)62-50-78(110)106-102(69-57-85(117)130-96(21,22)23,70-58-86(118)131-97(24,25)26)71-59-87(119)132-98(27,28)29/h74H,30-73H2,1-29H3,(H,103,107)(H,104,108)(H,105,109)(H,106,110). The van der Waals surface area contributed by atoms with Gasteiger partial charge in [-0.2, -0.15) is 0 Å². The third-order valence-corrected chi connectivity index (χ3v) is 20.8. The maximum Gasteiger partial charge on any atom is 0.317 e. The average molecular weight is 1880 g/mol. The summed E-state index contributed by atoms with van der Waals surface area (Å²) in [4.78, 5) is 214. The number of carbonyl (C=O) groups excluding carboxylic acids is 15. The van der Waals surface area contributed by atoms with Crippen LogP contribution in [0.2, 0.25) is 0 Å². The van der Waals surface area contributed by atoms with Gasteiger partial charge in [-0.05, 0) is 309 Å². The van der Waals surface area contributed by atoms with Gasteiger partial charge in [0.2, 0.25) is 23.6 Å². The van der Waals surface area contributed by atoms with E-state index in [1.807, 2.05) is 0 Å². The van der Waals surface area contributed by atoms with Crippen LogP contribution in [0.3, 0.4) is 0 Å². The predicted octanol–water partition coefficient (Wildman–Crippen LogP) is 19.8. The molecule has 0 fully saturated rings. The van der Waals surface area contributed by atoms with Gasteiger partial charge in [-0.15, -0.1) is 0 Å². The van der Waals surface area contributed by atoms with Crippen LogP contribution in [-0.2, 0) is 124 Å². The molecule has 0 unspecified atom stereocenters. The molecule has 0 spiro atoms. The van der Waals surface area contributed by atoms with E-state index in [9.17, 15) is 52.7 Å². The molecule has 30 nitrogen and oxygen atoms in total. The van der Waals surface area contributed by atoms with Crippen LogP contribution in [0.25, 0.3) is 0 Å². The number of rotatable bonds is 63. The van der Waals surface area contributed by atoms with Crippen molar-refractivity contribution >= 4 is 89.3 Å². The fourth-order valence-electron chi connectivity index (χ4n) is 15.1. The number of nitrogens with one attached hydrogen (secondary N) is 4. The smallest absolute Gasteiger partial charge is 0.317 e. The van der Waals surface area contributed by atoms with Crippen molar-refractivity contribution in [2.24, 2.45) is 0 Å². The predicted molar refractivity (Wildman–Crippen MR) is 507 cm³/mol. The maximum atomic E-state index is 15.7. The van der Waals surface area contributed by atoms with E-state index in [-0.39, 0.29) is 154 Å². The fraction of sp³-hybridized carbons (Fsp3) is 0.853. The van der Waals surface area contributed by atoms with Crippen LogP contribution in [0.15, 0.2) is 0 Å². The summed E-state index contributed by atoms with van der Waals surface area (Å²) in [7, 11) is 0. The Morgan fingerprint density at radius 2 is 0.386 bits per heavy atom. The first-order chi connectivity index (χ1) is 60.4. The van der Waals surface area contributed by atoms with Crippen LogP contribution in [0.1, 0.15) is 477 Å².